The number of carbonyl (C=O) groups is 1. The lowest BCUT2D eigenvalue weighted by atomic mass is 10.2. The normalized spacial score (nSPS) is 14.4. The highest BCUT2D eigenvalue weighted by atomic mass is 32.1. The minimum atomic E-state index is -0.191. The predicted octanol–water partition coefficient (Wildman–Crippen LogP) is 1.71. The number of carbonyl (C=O) groups excluding carboxylic acids is 1. The van der Waals surface area contributed by atoms with E-state index in [2.05, 4.69) is 15.6 Å². The van der Waals surface area contributed by atoms with Crippen LogP contribution in [0.3, 0.4) is 0 Å². The van der Waals surface area contributed by atoms with Crippen molar-refractivity contribution in [1.82, 2.24) is 15.6 Å². The maximum atomic E-state index is 11.6. The van der Waals surface area contributed by atoms with Crippen molar-refractivity contribution in [1.29, 1.82) is 0 Å². The van der Waals surface area contributed by atoms with Gasteiger partial charge in [0, 0.05) is 18.0 Å². The molecule has 0 bridgehead atoms. The first-order valence-electron chi connectivity index (χ1n) is 5.57. The zero-order valence-electron chi connectivity index (χ0n) is 9.99. The molecule has 90 valence electrons. The largest absolute Gasteiger partial charge is 0.355 e. The molecule has 0 aliphatic rings. The van der Waals surface area contributed by atoms with Gasteiger partial charge in [0.1, 0.15) is 0 Å². The Morgan fingerprint density at radius 2 is 2.31 bits per heavy atom. The molecule has 4 nitrogen and oxygen atoms in total. The van der Waals surface area contributed by atoms with Gasteiger partial charge in [-0.2, -0.15) is 0 Å². The van der Waals surface area contributed by atoms with E-state index in [0.29, 0.717) is 0 Å². The van der Waals surface area contributed by atoms with Crippen LogP contribution in [0.15, 0.2) is 10.9 Å². The molecule has 16 heavy (non-hydrogen) atoms. The monoisotopic (exact) mass is 241 g/mol. The van der Waals surface area contributed by atoms with Gasteiger partial charge in [-0.15, -0.1) is 11.3 Å². The summed E-state index contributed by atoms with van der Waals surface area (Å²) in [7, 11) is 0. The second-order valence-corrected chi connectivity index (χ2v) is 4.53. The first kappa shape index (κ1) is 13.1. The summed E-state index contributed by atoms with van der Waals surface area (Å²) in [4.78, 5) is 15.8. The molecule has 1 amide bonds. The molecule has 1 rings (SSSR count). The van der Waals surface area contributed by atoms with Crippen LogP contribution in [0.1, 0.15) is 38.9 Å². The first-order chi connectivity index (χ1) is 7.65. The van der Waals surface area contributed by atoms with Crippen molar-refractivity contribution < 1.29 is 4.79 Å². The summed E-state index contributed by atoms with van der Waals surface area (Å²) in [5, 5.41) is 8.08. The highest BCUT2D eigenvalue weighted by Crippen LogP contribution is 2.12. The Hall–Kier alpha value is -0.940. The van der Waals surface area contributed by atoms with Crippen LogP contribution >= 0.6 is 11.3 Å². The van der Waals surface area contributed by atoms with Gasteiger partial charge in [-0.05, 0) is 20.3 Å². The quantitative estimate of drug-likeness (QED) is 0.797. The van der Waals surface area contributed by atoms with Crippen LogP contribution in [-0.2, 0) is 4.79 Å². The molecule has 2 unspecified atom stereocenters. The van der Waals surface area contributed by atoms with E-state index in [1.807, 2.05) is 26.2 Å². The van der Waals surface area contributed by atoms with Crippen LogP contribution in [0.5, 0.6) is 0 Å². The average Bonchev–Trinajstić information content (AvgIpc) is 2.79. The molecule has 2 atom stereocenters. The van der Waals surface area contributed by atoms with Crippen LogP contribution in [0.2, 0.25) is 0 Å². The predicted molar refractivity (Wildman–Crippen MR) is 66.4 cm³/mol. The fourth-order valence-electron chi connectivity index (χ4n) is 1.37. The Bertz CT molecular complexity index is 313. The zero-order chi connectivity index (χ0) is 12.0. The molecule has 1 heterocycles. The van der Waals surface area contributed by atoms with E-state index in [0.717, 1.165) is 18.7 Å². The lowest BCUT2D eigenvalue weighted by Crippen LogP contribution is -2.43. The molecular weight excluding hydrogens is 222 g/mol. The van der Waals surface area contributed by atoms with Crippen molar-refractivity contribution >= 4 is 17.2 Å². The summed E-state index contributed by atoms with van der Waals surface area (Å²) >= 11 is 1.57. The molecule has 5 heteroatoms. The molecule has 0 saturated carbocycles. The molecule has 0 aliphatic heterocycles. The minimum Gasteiger partial charge on any atom is -0.355 e. The summed E-state index contributed by atoms with van der Waals surface area (Å²) < 4.78 is 0. The average molecular weight is 241 g/mol. The molecule has 0 aromatic carbocycles. The van der Waals surface area contributed by atoms with Gasteiger partial charge in [0.05, 0.1) is 17.2 Å². The molecule has 0 aliphatic carbocycles. The van der Waals surface area contributed by atoms with Crippen LogP contribution in [0.25, 0.3) is 0 Å². The highest BCUT2D eigenvalue weighted by Gasteiger charge is 2.16. The SMILES string of the molecule is CCCNC(=O)C(C)NC(C)c1cscn1. The Morgan fingerprint density at radius 3 is 2.88 bits per heavy atom. The smallest absolute Gasteiger partial charge is 0.236 e. The van der Waals surface area contributed by atoms with Gasteiger partial charge in [0.25, 0.3) is 0 Å². The second-order valence-electron chi connectivity index (χ2n) is 3.81. The van der Waals surface area contributed by atoms with Crippen LogP contribution < -0.4 is 10.6 Å². The third-order valence-electron chi connectivity index (χ3n) is 2.34. The topological polar surface area (TPSA) is 54.0 Å². The fraction of sp³-hybridized carbons (Fsp3) is 0.636. The fourth-order valence-corrected chi connectivity index (χ4v) is 2.02. The molecule has 0 spiro atoms. The number of nitrogens with one attached hydrogen (secondary N) is 2. The first-order valence-corrected chi connectivity index (χ1v) is 6.51. The minimum absolute atomic E-state index is 0.0453. The van der Waals surface area contributed by atoms with Crippen molar-refractivity contribution in [2.75, 3.05) is 6.54 Å². The third kappa shape index (κ3) is 3.90. The second kappa shape index (κ2) is 6.60. The van der Waals surface area contributed by atoms with Gasteiger partial charge in [-0.25, -0.2) is 4.98 Å². The third-order valence-corrected chi connectivity index (χ3v) is 2.94. The van der Waals surface area contributed by atoms with Gasteiger partial charge >= 0.3 is 0 Å². The number of amides is 1. The van der Waals surface area contributed by atoms with Gasteiger partial charge in [0.2, 0.25) is 5.91 Å². The van der Waals surface area contributed by atoms with Gasteiger partial charge in [-0.1, -0.05) is 6.92 Å². The summed E-state index contributed by atoms with van der Waals surface area (Å²) in [5.74, 6) is 0.0453. The Balaban J connectivity index is 2.38. The number of aromatic nitrogens is 1. The summed E-state index contributed by atoms with van der Waals surface area (Å²) in [5.41, 5.74) is 2.79. The van der Waals surface area contributed by atoms with Crippen LogP contribution in [0, 0.1) is 0 Å². The van der Waals surface area contributed by atoms with Crippen molar-refractivity contribution in [3.8, 4) is 0 Å². The summed E-state index contributed by atoms with van der Waals surface area (Å²) in [6, 6.07) is -0.0862. The molecule has 0 radical (unpaired) electrons. The van der Waals surface area contributed by atoms with E-state index in [4.69, 9.17) is 0 Å². The van der Waals surface area contributed by atoms with Crippen molar-refractivity contribution in [2.45, 2.75) is 39.3 Å². The number of nitrogens with zero attached hydrogens (tertiary/aromatic N) is 1. The zero-order valence-corrected chi connectivity index (χ0v) is 10.8. The van der Waals surface area contributed by atoms with Gasteiger partial charge < -0.3 is 5.32 Å². The maximum absolute atomic E-state index is 11.6. The Labute approximate surface area is 100 Å². The van der Waals surface area contributed by atoms with E-state index in [9.17, 15) is 4.79 Å². The lowest BCUT2D eigenvalue weighted by Gasteiger charge is -2.18. The molecule has 1 aromatic rings. The van der Waals surface area contributed by atoms with Gasteiger partial charge in [-0.3, -0.25) is 10.1 Å². The van der Waals surface area contributed by atoms with Crippen molar-refractivity contribution in [3.05, 3.63) is 16.6 Å². The van der Waals surface area contributed by atoms with Crippen molar-refractivity contribution in [3.63, 3.8) is 0 Å². The molecule has 1 aromatic heterocycles. The highest BCUT2D eigenvalue weighted by molar-refractivity contribution is 7.07. The van der Waals surface area contributed by atoms with E-state index >= 15 is 0 Å². The maximum Gasteiger partial charge on any atom is 0.236 e. The van der Waals surface area contributed by atoms with Gasteiger partial charge in [0.15, 0.2) is 0 Å². The molecule has 2 N–H and O–H groups in total. The molecule has 0 fully saturated rings. The summed E-state index contributed by atoms with van der Waals surface area (Å²) in [6.45, 7) is 6.65. The Kier molecular flexibility index (Phi) is 5.42. The molecule has 0 saturated heterocycles. The summed E-state index contributed by atoms with van der Waals surface area (Å²) in [6.07, 6.45) is 0.958. The van der Waals surface area contributed by atoms with E-state index < -0.39 is 0 Å². The van der Waals surface area contributed by atoms with Crippen LogP contribution in [-0.4, -0.2) is 23.5 Å². The standard InChI is InChI=1S/C11H19N3OS/c1-4-5-12-11(15)9(3)14-8(2)10-6-16-7-13-10/h6-9,14H,4-5H2,1-3H3,(H,12,15). The Morgan fingerprint density at radius 1 is 1.56 bits per heavy atom. The number of hydrogen-bond donors (Lipinski definition) is 2. The van der Waals surface area contributed by atoms with E-state index in [1.54, 1.807) is 16.8 Å². The van der Waals surface area contributed by atoms with Crippen LogP contribution in [0.4, 0.5) is 0 Å². The van der Waals surface area contributed by atoms with E-state index in [1.165, 1.54) is 0 Å². The number of rotatable bonds is 6. The lowest BCUT2D eigenvalue weighted by molar-refractivity contribution is -0.122. The number of hydrogen-bond acceptors (Lipinski definition) is 4. The molecular formula is C11H19N3OS. The number of thiazole rings is 1. The van der Waals surface area contributed by atoms with Crippen molar-refractivity contribution in [2.24, 2.45) is 0 Å². The van der Waals surface area contributed by atoms with E-state index in [-0.39, 0.29) is 18.0 Å².